The van der Waals surface area contributed by atoms with E-state index in [-0.39, 0.29) is 23.5 Å². The van der Waals surface area contributed by atoms with Crippen molar-refractivity contribution in [1.29, 1.82) is 0 Å². The standard InChI is InChI=1S/C15H18N8O6/c1-19-10-8(12(25)20(2)14(19)27)23(29)9-11(18-10)22(6-7(24)17-5-4-16)15(28)21(3)13(9)26/h4-6,16H2,1-3H3,(H,17,24). The summed E-state index contributed by atoms with van der Waals surface area (Å²) in [6, 6.07) is 0. The summed E-state index contributed by atoms with van der Waals surface area (Å²) >= 11 is 0. The molecule has 3 rings (SSSR count). The number of nitrogens with zero attached hydrogens (tertiary/aromatic N) is 6. The lowest BCUT2D eigenvalue weighted by molar-refractivity contribution is -0.550. The fourth-order valence-electron chi connectivity index (χ4n) is 2.92. The van der Waals surface area contributed by atoms with Crippen molar-refractivity contribution in [3.05, 3.63) is 46.9 Å². The molecular weight excluding hydrogens is 388 g/mol. The van der Waals surface area contributed by atoms with Crippen LogP contribution in [0.15, 0.2) is 19.2 Å². The fourth-order valence-corrected chi connectivity index (χ4v) is 2.92. The van der Waals surface area contributed by atoms with Crippen LogP contribution in [0.4, 0.5) is 0 Å². The van der Waals surface area contributed by atoms with Crippen molar-refractivity contribution >= 4 is 28.2 Å². The number of nitrogens with two attached hydrogens (primary N) is 1. The van der Waals surface area contributed by atoms with Gasteiger partial charge in [0.05, 0.1) is 0 Å². The Morgan fingerprint density at radius 3 is 2.14 bits per heavy atom. The van der Waals surface area contributed by atoms with Gasteiger partial charge in [-0.1, -0.05) is 0 Å². The van der Waals surface area contributed by atoms with E-state index in [1.165, 1.54) is 14.1 Å². The summed E-state index contributed by atoms with van der Waals surface area (Å²) in [7, 11) is 3.58. The molecule has 3 heterocycles. The average molecular weight is 406 g/mol. The lowest BCUT2D eigenvalue weighted by Crippen LogP contribution is -2.50. The number of aryl methyl sites for hydroxylation is 1. The third-order valence-electron chi connectivity index (χ3n) is 4.49. The second-order valence-corrected chi connectivity index (χ2v) is 6.33. The van der Waals surface area contributed by atoms with Crippen molar-refractivity contribution in [2.45, 2.75) is 6.54 Å². The molecule has 14 heteroatoms. The number of aromatic nitrogens is 6. The molecule has 0 aromatic carbocycles. The predicted molar refractivity (Wildman–Crippen MR) is 100 cm³/mol. The molecule has 0 fully saturated rings. The molecule has 0 unspecified atom stereocenters. The van der Waals surface area contributed by atoms with Gasteiger partial charge >= 0.3 is 33.5 Å². The lowest BCUT2D eigenvalue weighted by Gasteiger charge is -2.13. The summed E-state index contributed by atoms with van der Waals surface area (Å²) in [5, 5.41) is 15.4. The third kappa shape index (κ3) is 2.89. The molecule has 3 aromatic rings. The van der Waals surface area contributed by atoms with Crippen molar-refractivity contribution in [1.82, 2.24) is 28.6 Å². The van der Waals surface area contributed by atoms with Gasteiger partial charge in [-0.3, -0.25) is 32.7 Å². The molecule has 3 N–H and O–H groups in total. The number of carbonyl (C=O) groups is 1. The number of carbonyl (C=O) groups excluding carboxylic acids is 1. The molecule has 154 valence electrons. The molecule has 0 atom stereocenters. The second-order valence-electron chi connectivity index (χ2n) is 6.33. The number of rotatable bonds is 4. The number of fused-ring (bicyclic) bond motifs is 2. The van der Waals surface area contributed by atoms with E-state index in [0.29, 0.717) is 9.13 Å². The molecule has 0 bridgehead atoms. The van der Waals surface area contributed by atoms with Gasteiger partial charge in [-0.25, -0.2) is 9.59 Å². The molecule has 0 aliphatic heterocycles. The highest BCUT2D eigenvalue weighted by Gasteiger charge is 2.27. The monoisotopic (exact) mass is 406 g/mol. The molecular formula is C15H18N8O6. The minimum atomic E-state index is -0.996. The zero-order valence-corrected chi connectivity index (χ0v) is 15.8. The van der Waals surface area contributed by atoms with Crippen LogP contribution in [0.25, 0.3) is 22.3 Å². The van der Waals surface area contributed by atoms with Crippen molar-refractivity contribution in [2.75, 3.05) is 13.1 Å². The first-order valence-corrected chi connectivity index (χ1v) is 8.41. The average Bonchev–Trinajstić information content (AvgIpc) is 2.69. The van der Waals surface area contributed by atoms with Gasteiger partial charge in [0.25, 0.3) is 0 Å². The maximum absolute atomic E-state index is 12.9. The second kappa shape index (κ2) is 6.97. The van der Waals surface area contributed by atoms with E-state index in [1.807, 2.05) is 0 Å². The Balaban J connectivity index is 2.52. The first-order valence-electron chi connectivity index (χ1n) is 8.41. The van der Waals surface area contributed by atoms with Crippen LogP contribution in [0.3, 0.4) is 0 Å². The van der Waals surface area contributed by atoms with Crippen LogP contribution in [0.5, 0.6) is 0 Å². The van der Waals surface area contributed by atoms with Gasteiger partial charge in [-0.05, 0) is 0 Å². The molecule has 0 saturated carbocycles. The number of nitrogens with one attached hydrogen (secondary N) is 1. The maximum Gasteiger partial charge on any atom is 0.333 e. The summed E-state index contributed by atoms with van der Waals surface area (Å²) in [5.41, 5.74) is -0.184. The first kappa shape index (κ1) is 19.9. The largest absolute Gasteiger partial charge is 0.617 e. The minimum absolute atomic E-state index is 0.0372. The van der Waals surface area contributed by atoms with Gasteiger partial charge in [0.2, 0.25) is 17.2 Å². The van der Waals surface area contributed by atoms with Crippen LogP contribution in [-0.2, 0) is 32.5 Å². The molecule has 0 spiro atoms. The van der Waals surface area contributed by atoms with E-state index in [0.717, 1.165) is 16.2 Å². The van der Waals surface area contributed by atoms with Gasteiger partial charge in [-0.15, -0.1) is 4.73 Å². The van der Waals surface area contributed by atoms with E-state index in [4.69, 9.17) is 5.73 Å². The summed E-state index contributed by atoms with van der Waals surface area (Å²) in [4.78, 5) is 65.9. The molecule has 0 aliphatic carbocycles. The van der Waals surface area contributed by atoms with Crippen LogP contribution in [0, 0.1) is 5.21 Å². The SMILES string of the molecule is Cn1c(=O)c2c(nc3c(c(=O)n(C)c(=O)n3CC(=O)NCCN)[n+]2[O-])n(C)c1=O. The van der Waals surface area contributed by atoms with Crippen LogP contribution < -0.4 is 38.3 Å². The van der Waals surface area contributed by atoms with Crippen LogP contribution in [-0.4, -0.2) is 42.2 Å². The Morgan fingerprint density at radius 1 is 1.00 bits per heavy atom. The van der Waals surface area contributed by atoms with E-state index < -0.39 is 51.6 Å². The molecule has 29 heavy (non-hydrogen) atoms. The third-order valence-corrected chi connectivity index (χ3v) is 4.49. The highest BCUT2D eigenvalue weighted by atomic mass is 16.5. The normalized spacial score (nSPS) is 11.3. The lowest BCUT2D eigenvalue weighted by atomic mass is 10.4. The Labute approximate surface area is 160 Å². The molecule has 3 aromatic heterocycles. The zero-order valence-electron chi connectivity index (χ0n) is 15.8. The highest BCUT2D eigenvalue weighted by molar-refractivity contribution is 5.80. The minimum Gasteiger partial charge on any atom is -0.617 e. The van der Waals surface area contributed by atoms with E-state index in [1.54, 1.807) is 0 Å². The van der Waals surface area contributed by atoms with E-state index in [2.05, 4.69) is 10.3 Å². The zero-order chi connectivity index (χ0) is 21.6. The molecule has 0 aliphatic rings. The smallest absolute Gasteiger partial charge is 0.333 e. The number of hydrogen-bond donors (Lipinski definition) is 2. The van der Waals surface area contributed by atoms with Crippen LogP contribution >= 0.6 is 0 Å². The summed E-state index contributed by atoms with van der Waals surface area (Å²) in [5.74, 6) is -0.602. The molecule has 0 radical (unpaired) electrons. The Morgan fingerprint density at radius 2 is 1.55 bits per heavy atom. The maximum atomic E-state index is 12.9. The highest BCUT2D eigenvalue weighted by Crippen LogP contribution is 2.06. The van der Waals surface area contributed by atoms with Gasteiger partial charge in [0.15, 0.2) is 0 Å². The summed E-state index contributed by atoms with van der Waals surface area (Å²) < 4.78 is 3.12. The molecule has 0 saturated heterocycles. The number of hydrogen-bond acceptors (Lipinski definition) is 8. The van der Waals surface area contributed by atoms with Crippen molar-refractivity contribution in [3.63, 3.8) is 0 Å². The van der Waals surface area contributed by atoms with Crippen molar-refractivity contribution < 1.29 is 9.52 Å². The van der Waals surface area contributed by atoms with Gasteiger partial charge < -0.3 is 16.3 Å². The Hall–Kier alpha value is -3.81. The van der Waals surface area contributed by atoms with Crippen molar-refractivity contribution in [2.24, 2.45) is 26.9 Å². The van der Waals surface area contributed by atoms with E-state index >= 15 is 0 Å². The van der Waals surface area contributed by atoms with Gasteiger partial charge in [0.1, 0.15) is 6.54 Å². The van der Waals surface area contributed by atoms with Gasteiger partial charge in [-0.2, -0.15) is 4.98 Å². The quantitative estimate of drug-likeness (QED) is 0.246. The van der Waals surface area contributed by atoms with E-state index in [9.17, 15) is 29.2 Å². The fraction of sp³-hybridized carbons (Fsp3) is 0.400. The Kier molecular flexibility index (Phi) is 4.79. The predicted octanol–water partition coefficient (Wildman–Crippen LogP) is -4.65. The Bertz CT molecular complexity index is 1410. The summed E-state index contributed by atoms with van der Waals surface area (Å²) in [6.07, 6.45) is 0. The summed E-state index contributed by atoms with van der Waals surface area (Å²) in [6.45, 7) is -0.232. The molecule has 14 nitrogen and oxygen atoms in total. The van der Waals surface area contributed by atoms with Crippen LogP contribution in [0.1, 0.15) is 0 Å². The first-order chi connectivity index (χ1) is 13.6. The number of amides is 1. The van der Waals surface area contributed by atoms with Crippen LogP contribution in [0.2, 0.25) is 0 Å². The topological polar surface area (TPSA) is 183 Å². The van der Waals surface area contributed by atoms with Crippen molar-refractivity contribution in [3.8, 4) is 0 Å². The molecule has 1 amide bonds. The van der Waals surface area contributed by atoms with Gasteiger partial charge in [0, 0.05) is 34.2 Å².